The van der Waals surface area contributed by atoms with Crippen molar-refractivity contribution in [1.82, 2.24) is 9.88 Å². The number of carbonyl (C=O) groups excluding carboxylic acids is 1. The van der Waals surface area contributed by atoms with Gasteiger partial charge in [-0.05, 0) is 6.42 Å². The highest BCUT2D eigenvalue weighted by atomic mass is 32.1. The van der Waals surface area contributed by atoms with E-state index in [1.54, 1.807) is 10.4 Å². The summed E-state index contributed by atoms with van der Waals surface area (Å²) in [6, 6.07) is 0. The lowest BCUT2D eigenvalue weighted by Gasteiger charge is -2.31. The lowest BCUT2D eigenvalue weighted by atomic mass is 10.1. The molecule has 1 aromatic rings. The van der Waals surface area contributed by atoms with Crippen LogP contribution in [0.3, 0.4) is 0 Å². The summed E-state index contributed by atoms with van der Waals surface area (Å²) in [6.45, 7) is 3.11. The highest BCUT2D eigenvalue weighted by Crippen LogP contribution is 2.28. The summed E-state index contributed by atoms with van der Waals surface area (Å²) in [6.07, 6.45) is 1.94. The van der Waals surface area contributed by atoms with Crippen molar-refractivity contribution in [2.24, 2.45) is 5.73 Å². The van der Waals surface area contributed by atoms with Gasteiger partial charge in [0, 0.05) is 13.0 Å². The molecule has 1 aromatic heterocycles. The minimum atomic E-state index is -0.402. The number of thiazole rings is 1. The van der Waals surface area contributed by atoms with Crippen LogP contribution >= 0.6 is 11.3 Å². The highest BCUT2D eigenvalue weighted by Gasteiger charge is 2.30. The lowest BCUT2D eigenvalue weighted by Crippen LogP contribution is -2.43. The first kappa shape index (κ1) is 12.3. The quantitative estimate of drug-likeness (QED) is 0.837. The first-order chi connectivity index (χ1) is 8.24. The van der Waals surface area contributed by atoms with E-state index in [0.29, 0.717) is 13.2 Å². The number of fused-ring (bicyclic) bond motifs is 1. The molecule has 1 aliphatic rings. The monoisotopic (exact) mass is 255 g/mol. The van der Waals surface area contributed by atoms with Crippen LogP contribution in [-0.2, 0) is 11.2 Å². The summed E-state index contributed by atoms with van der Waals surface area (Å²) in [5, 5.41) is 0. The number of aromatic nitrogens is 1. The Morgan fingerprint density at radius 1 is 1.76 bits per heavy atom. The zero-order chi connectivity index (χ0) is 12.3. The molecule has 0 saturated heterocycles. The maximum absolute atomic E-state index is 11.8. The fourth-order valence-corrected chi connectivity index (χ4v) is 2.66. The summed E-state index contributed by atoms with van der Waals surface area (Å²) in [7, 11) is 0. The molecule has 0 aliphatic carbocycles. The number of hydrogen-bond acceptors (Lipinski definition) is 5. The van der Waals surface area contributed by atoms with E-state index in [0.717, 1.165) is 29.8 Å². The molecule has 6 heteroatoms. The van der Waals surface area contributed by atoms with Gasteiger partial charge in [-0.15, -0.1) is 11.3 Å². The van der Waals surface area contributed by atoms with Crippen LogP contribution in [0.5, 0.6) is 0 Å². The maximum atomic E-state index is 11.8. The maximum Gasteiger partial charge on any atom is 0.411 e. The van der Waals surface area contributed by atoms with Crippen molar-refractivity contribution in [3.8, 4) is 0 Å². The fourth-order valence-electron chi connectivity index (χ4n) is 1.81. The molecule has 1 aliphatic heterocycles. The third kappa shape index (κ3) is 2.58. The number of ether oxygens (including phenoxy) is 1. The standard InChI is InChI=1S/C11H17N3O2S/c1-2-3-6-16-11(15)14-5-4-8-9(10(14)12)17-7-13-8/h7,10H,2-6,12H2,1H3. The van der Waals surface area contributed by atoms with E-state index >= 15 is 0 Å². The van der Waals surface area contributed by atoms with Gasteiger partial charge in [-0.3, -0.25) is 4.90 Å². The van der Waals surface area contributed by atoms with E-state index < -0.39 is 6.17 Å². The van der Waals surface area contributed by atoms with Gasteiger partial charge in [0.05, 0.1) is 22.7 Å². The summed E-state index contributed by atoms with van der Waals surface area (Å²) in [5.74, 6) is 0. The Morgan fingerprint density at radius 2 is 2.59 bits per heavy atom. The molecule has 0 spiro atoms. The molecule has 0 radical (unpaired) electrons. The van der Waals surface area contributed by atoms with Crippen LogP contribution in [0, 0.1) is 0 Å². The van der Waals surface area contributed by atoms with E-state index in [9.17, 15) is 4.79 Å². The molecule has 0 aromatic carbocycles. The molecule has 94 valence electrons. The predicted molar refractivity (Wildman–Crippen MR) is 65.7 cm³/mol. The van der Waals surface area contributed by atoms with Gasteiger partial charge in [-0.1, -0.05) is 13.3 Å². The van der Waals surface area contributed by atoms with Crippen LogP contribution in [0.4, 0.5) is 4.79 Å². The first-order valence-electron chi connectivity index (χ1n) is 5.85. The van der Waals surface area contributed by atoms with Crippen LogP contribution in [0.1, 0.15) is 36.5 Å². The number of nitrogens with two attached hydrogens (primary N) is 1. The number of unbranched alkanes of at least 4 members (excludes halogenated alkanes) is 1. The Hall–Kier alpha value is -1.14. The molecule has 0 bridgehead atoms. The topological polar surface area (TPSA) is 68.5 Å². The Bertz CT molecular complexity index is 394. The average Bonchev–Trinajstić information content (AvgIpc) is 2.78. The highest BCUT2D eigenvalue weighted by molar-refractivity contribution is 7.09. The second kappa shape index (κ2) is 5.46. The molecular weight excluding hydrogens is 238 g/mol. The van der Waals surface area contributed by atoms with Crippen LogP contribution in [0.25, 0.3) is 0 Å². The molecule has 1 unspecified atom stereocenters. The number of nitrogens with zero attached hydrogens (tertiary/aromatic N) is 2. The zero-order valence-electron chi connectivity index (χ0n) is 9.89. The molecule has 0 saturated carbocycles. The van der Waals surface area contributed by atoms with Crippen molar-refractivity contribution < 1.29 is 9.53 Å². The number of amides is 1. The van der Waals surface area contributed by atoms with Crippen LogP contribution in [-0.4, -0.2) is 29.1 Å². The number of hydrogen-bond donors (Lipinski definition) is 1. The Kier molecular flexibility index (Phi) is 3.96. The summed E-state index contributed by atoms with van der Waals surface area (Å²) < 4.78 is 5.18. The number of rotatable bonds is 3. The first-order valence-corrected chi connectivity index (χ1v) is 6.73. The third-order valence-corrected chi connectivity index (χ3v) is 3.77. The summed E-state index contributed by atoms with van der Waals surface area (Å²) in [4.78, 5) is 18.6. The molecule has 2 heterocycles. The smallest absolute Gasteiger partial charge is 0.411 e. The molecule has 17 heavy (non-hydrogen) atoms. The van der Waals surface area contributed by atoms with Gasteiger partial charge < -0.3 is 10.5 Å². The molecule has 0 fully saturated rings. The van der Waals surface area contributed by atoms with Crippen molar-refractivity contribution in [2.45, 2.75) is 32.4 Å². The van der Waals surface area contributed by atoms with Crippen molar-refractivity contribution in [3.63, 3.8) is 0 Å². The van der Waals surface area contributed by atoms with Crippen LogP contribution in [0.15, 0.2) is 5.51 Å². The number of carbonyl (C=O) groups is 1. The minimum absolute atomic E-state index is 0.315. The van der Waals surface area contributed by atoms with Gasteiger partial charge >= 0.3 is 6.09 Å². The van der Waals surface area contributed by atoms with E-state index in [1.807, 2.05) is 0 Å². The van der Waals surface area contributed by atoms with Crippen molar-refractivity contribution in [3.05, 3.63) is 16.1 Å². The van der Waals surface area contributed by atoms with Crippen LogP contribution in [0.2, 0.25) is 0 Å². The van der Waals surface area contributed by atoms with Crippen molar-refractivity contribution in [1.29, 1.82) is 0 Å². The minimum Gasteiger partial charge on any atom is -0.449 e. The van der Waals surface area contributed by atoms with Gasteiger partial charge in [-0.25, -0.2) is 9.78 Å². The lowest BCUT2D eigenvalue weighted by molar-refractivity contribution is 0.0832. The molecule has 5 nitrogen and oxygen atoms in total. The summed E-state index contributed by atoms with van der Waals surface area (Å²) >= 11 is 1.50. The summed E-state index contributed by atoms with van der Waals surface area (Å²) in [5.41, 5.74) is 8.82. The molecule has 1 amide bonds. The SMILES string of the molecule is CCCCOC(=O)N1CCc2ncsc2C1N. The van der Waals surface area contributed by atoms with Gasteiger partial charge in [-0.2, -0.15) is 0 Å². The molecule has 1 atom stereocenters. The molecule has 2 N–H and O–H groups in total. The van der Waals surface area contributed by atoms with Gasteiger partial charge in [0.2, 0.25) is 0 Å². The van der Waals surface area contributed by atoms with Crippen molar-refractivity contribution in [2.75, 3.05) is 13.2 Å². The molecule has 2 rings (SSSR count). The van der Waals surface area contributed by atoms with E-state index in [2.05, 4.69) is 11.9 Å². The van der Waals surface area contributed by atoms with E-state index in [-0.39, 0.29) is 6.09 Å². The normalized spacial score (nSPS) is 18.9. The Morgan fingerprint density at radius 3 is 3.35 bits per heavy atom. The molecular formula is C11H17N3O2S. The fraction of sp³-hybridized carbons (Fsp3) is 0.636. The Labute approximate surface area is 105 Å². The van der Waals surface area contributed by atoms with Crippen molar-refractivity contribution >= 4 is 17.4 Å². The van der Waals surface area contributed by atoms with Gasteiger partial charge in [0.25, 0.3) is 0 Å². The second-order valence-electron chi connectivity index (χ2n) is 4.02. The van der Waals surface area contributed by atoms with Gasteiger partial charge in [0.1, 0.15) is 6.17 Å². The van der Waals surface area contributed by atoms with E-state index in [4.69, 9.17) is 10.5 Å². The Balaban J connectivity index is 1.97. The zero-order valence-corrected chi connectivity index (χ0v) is 10.7. The second-order valence-corrected chi connectivity index (χ2v) is 4.91. The predicted octanol–water partition coefficient (Wildman–Crippen LogP) is 1.90. The van der Waals surface area contributed by atoms with Crippen LogP contribution < -0.4 is 5.73 Å². The van der Waals surface area contributed by atoms with E-state index in [1.165, 1.54) is 11.3 Å². The third-order valence-electron chi connectivity index (χ3n) is 2.82. The van der Waals surface area contributed by atoms with Gasteiger partial charge in [0.15, 0.2) is 0 Å². The largest absolute Gasteiger partial charge is 0.449 e. The average molecular weight is 255 g/mol.